The second kappa shape index (κ2) is 10.7. The van der Waals surface area contributed by atoms with Crippen molar-refractivity contribution in [3.63, 3.8) is 0 Å². The summed E-state index contributed by atoms with van der Waals surface area (Å²) >= 11 is 6.05. The van der Waals surface area contributed by atoms with Crippen molar-refractivity contribution in [2.45, 2.75) is 38.6 Å². The zero-order valence-corrected chi connectivity index (χ0v) is 20.0. The summed E-state index contributed by atoms with van der Waals surface area (Å²) in [7, 11) is 1.35. The number of nitrogens with zero attached hydrogens (tertiary/aromatic N) is 3. The molecule has 0 spiro atoms. The quantitative estimate of drug-likeness (QED) is 0.499. The molecule has 1 aliphatic rings. The highest BCUT2D eigenvalue weighted by atomic mass is 35.5. The number of ether oxygens (including phenoxy) is 1. The second-order valence-corrected chi connectivity index (χ2v) is 8.74. The first-order chi connectivity index (χ1) is 16.5. The zero-order chi connectivity index (χ0) is 24.1. The Labute approximate surface area is 204 Å². The molecule has 0 bridgehead atoms. The molecule has 4 rings (SSSR count). The lowest BCUT2D eigenvalue weighted by atomic mass is 10.0. The topological polar surface area (TPSA) is 84.4 Å². The SMILES string of the molecule is COC(=O)c1cnc(N2CCC[C@@H]2C(=O)Nc2cccc(Cl)c2)nc1CCc1ccccc1C. The number of hydrogen-bond donors (Lipinski definition) is 1. The van der Waals surface area contributed by atoms with Gasteiger partial charge in [0.05, 0.1) is 18.4 Å². The lowest BCUT2D eigenvalue weighted by Gasteiger charge is -2.24. The Morgan fingerprint density at radius 3 is 2.76 bits per heavy atom. The summed E-state index contributed by atoms with van der Waals surface area (Å²) in [4.78, 5) is 36.5. The van der Waals surface area contributed by atoms with Crippen LogP contribution in [0.15, 0.2) is 54.7 Å². The van der Waals surface area contributed by atoms with Gasteiger partial charge in [-0.05, 0) is 61.9 Å². The van der Waals surface area contributed by atoms with Gasteiger partial charge in [0.1, 0.15) is 6.04 Å². The van der Waals surface area contributed by atoms with Gasteiger partial charge in [0.25, 0.3) is 0 Å². The van der Waals surface area contributed by atoms with Gasteiger partial charge in [0.15, 0.2) is 0 Å². The van der Waals surface area contributed by atoms with E-state index in [1.807, 2.05) is 17.0 Å². The first kappa shape index (κ1) is 23.7. The molecule has 7 nitrogen and oxygen atoms in total. The minimum atomic E-state index is -0.469. The predicted octanol–water partition coefficient (Wildman–Crippen LogP) is 4.62. The highest BCUT2D eigenvalue weighted by molar-refractivity contribution is 6.30. The van der Waals surface area contributed by atoms with Crippen LogP contribution in [-0.4, -0.2) is 41.5 Å². The maximum Gasteiger partial charge on any atom is 0.341 e. The van der Waals surface area contributed by atoms with Crippen molar-refractivity contribution >= 4 is 35.1 Å². The maximum atomic E-state index is 13.0. The smallest absolute Gasteiger partial charge is 0.341 e. The van der Waals surface area contributed by atoms with E-state index in [0.717, 1.165) is 12.8 Å². The van der Waals surface area contributed by atoms with Crippen LogP contribution in [0.5, 0.6) is 0 Å². The number of carbonyl (C=O) groups is 2. The molecule has 1 amide bonds. The molecule has 0 aliphatic carbocycles. The highest BCUT2D eigenvalue weighted by Gasteiger charge is 2.33. The minimum Gasteiger partial charge on any atom is -0.465 e. The fourth-order valence-electron chi connectivity index (χ4n) is 4.23. The molecule has 3 aromatic rings. The van der Waals surface area contributed by atoms with E-state index in [0.29, 0.717) is 47.3 Å². The van der Waals surface area contributed by atoms with E-state index in [1.54, 1.807) is 24.3 Å². The Morgan fingerprint density at radius 1 is 1.18 bits per heavy atom. The number of nitrogens with one attached hydrogen (secondary N) is 1. The van der Waals surface area contributed by atoms with Crippen LogP contribution in [0.1, 0.15) is 40.0 Å². The molecule has 8 heteroatoms. The number of amides is 1. The van der Waals surface area contributed by atoms with E-state index in [2.05, 4.69) is 29.4 Å². The van der Waals surface area contributed by atoms with Crippen molar-refractivity contribution in [3.05, 3.63) is 82.1 Å². The van der Waals surface area contributed by atoms with Crippen molar-refractivity contribution in [2.75, 3.05) is 23.9 Å². The van der Waals surface area contributed by atoms with E-state index < -0.39 is 12.0 Å². The van der Waals surface area contributed by atoms with E-state index in [1.165, 1.54) is 24.4 Å². The first-order valence-corrected chi connectivity index (χ1v) is 11.7. The fraction of sp³-hybridized carbons (Fsp3) is 0.308. The first-order valence-electron chi connectivity index (χ1n) is 11.3. The molecule has 1 N–H and O–H groups in total. The summed E-state index contributed by atoms with van der Waals surface area (Å²) in [6.07, 6.45) is 4.32. The lowest BCUT2D eigenvalue weighted by Crippen LogP contribution is -2.40. The zero-order valence-electron chi connectivity index (χ0n) is 19.3. The molecule has 1 atom stereocenters. The number of rotatable bonds is 7. The van der Waals surface area contributed by atoms with E-state index >= 15 is 0 Å². The van der Waals surface area contributed by atoms with Crippen LogP contribution in [0.3, 0.4) is 0 Å². The van der Waals surface area contributed by atoms with Crippen LogP contribution in [0.2, 0.25) is 5.02 Å². The fourth-order valence-corrected chi connectivity index (χ4v) is 4.42. The molecule has 2 heterocycles. The summed E-state index contributed by atoms with van der Waals surface area (Å²) in [5.41, 5.74) is 3.98. The molecule has 0 unspecified atom stereocenters. The van der Waals surface area contributed by atoms with Crippen LogP contribution >= 0.6 is 11.6 Å². The normalized spacial score (nSPS) is 15.3. The van der Waals surface area contributed by atoms with E-state index in [-0.39, 0.29) is 5.91 Å². The van der Waals surface area contributed by atoms with E-state index in [9.17, 15) is 9.59 Å². The number of anilines is 2. The van der Waals surface area contributed by atoms with Gasteiger partial charge < -0.3 is 15.0 Å². The molecule has 1 aliphatic heterocycles. The van der Waals surface area contributed by atoms with Crippen molar-refractivity contribution in [2.24, 2.45) is 0 Å². The minimum absolute atomic E-state index is 0.137. The Hall–Kier alpha value is -3.45. The lowest BCUT2D eigenvalue weighted by molar-refractivity contribution is -0.117. The Bertz CT molecular complexity index is 1200. The van der Waals surface area contributed by atoms with Crippen molar-refractivity contribution < 1.29 is 14.3 Å². The number of hydrogen-bond acceptors (Lipinski definition) is 6. The van der Waals surface area contributed by atoms with Crippen LogP contribution in [0.4, 0.5) is 11.6 Å². The van der Waals surface area contributed by atoms with Crippen LogP contribution in [0, 0.1) is 6.92 Å². The molecule has 0 radical (unpaired) electrons. The number of aryl methyl sites for hydroxylation is 3. The number of esters is 1. The standard InChI is InChI=1S/C26H27ClN4O3/c1-17-7-3-4-8-18(17)12-13-22-21(25(33)34-2)16-28-26(30-22)31-14-6-11-23(31)24(32)29-20-10-5-9-19(27)15-20/h3-5,7-10,15-16,23H,6,11-14H2,1-2H3,(H,29,32)/t23-/m1/s1. The molecular formula is C26H27ClN4O3. The van der Waals surface area contributed by atoms with Gasteiger partial charge in [0.2, 0.25) is 11.9 Å². The third kappa shape index (κ3) is 5.37. The van der Waals surface area contributed by atoms with Gasteiger partial charge in [-0.3, -0.25) is 4.79 Å². The summed E-state index contributed by atoms with van der Waals surface area (Å²) in [5.74, 6) is -0.166. The molecule has 34 heavy (non-hydrogen) atoms. The second-order valence-electron chi connectivity index (χ2n) is 8.30. The Balaban J connectivity index is 1.57. The van der Waals surface area contributed by atoms with Crippen molar-refractivity contribution in [3.8, 4) is 0 Å². The molecule has 2 aromatic carbocycles. The molecule has 176 valence electrons. The number of benzene rings is 2. The highest BCUT2D eigenvalue weighted by Crippen LogP contribution is 2.26. The Kier molecular flexibility index (Phi) is 7.43. The van der Waals surface area contributed by atoms with Gasteiger partial charge in [-0.25, -0.2) is 14.8 Å². The molecule has 0 saturated carbocycles. The monoisotopic (exact) mass is 478 g/mol. The van der Waals surface area contributed by atoms with Crippen molar-refractivity contribution in [1.29, 1.82) is 0 Å². The van der Waals surface area contributed by atoms with Gasteiger partial charge in [-0.2, -0.15) is 0 Å². The van der Waals surface area contributed by atoms with Crippen LogP contribution < -0.4 is 10.2 Å². The number of methoxy groups -OCH3 is 1. The third-order valence-electron chi connectivity index (χ3n) is 6.06. The number of halogens is 1. The van der Waals surface area contributed by atoms with Gasteiger partial charge in [-0.1, -0.05) is 41.9 Å². The molecular weight excluding hydrogens is 452 g/mol. The largest absolute Gasteiger partial charge is 0.465 e. The average Bonchev–Trinajstić information content (AvgIpc) is 3.33. The number of carbonyl (C=O) groups excluding carboxylic acids is 2. The molecule has 1 fully saturated rings. The van der Waals surface area contributed by atoms with Crippen LogP contribution in [0.25, 0.3) is 0 Å². The summed E-state index contributed by atoms with van der Waals surface area (Å²) in [6.45, 7) is 2.72. The predicted molar refractivity (Wildman–Crippen MR) is 132 cm³/mol. The maximum absolute atomic E-state index is 13.0. The van der Waals surface area contributed by atoms with Crippen molar-refractivity contribution in [1.82, 2.24) is 9.97 Å². The van der Waals surface area contributed by atoms with Crippen LogP contribution in [-0.2, 0) is 22.4 Å². The number of aromatic nitrogens is 2. The van der Waals surface area contributed by atoms with Gasteiger partial charge in [-0.15, -0.1) is 0 Å². The third-order valence-corrected chi connectivity index (χ3v) is 6.29. The van der Waals surface area contributed by atoms with Gasteiger partial charge in [0, 0.05) is 23.5 Å². The molecule has 1 saturated heterocycles. The summed E-state index contributed by atoms with van der Waals surface area (Å²) < 4.78 is 4.95. The van der Waals surface area contributed by atoms with E-state index in [4.69, 9.17) is 21.3 Å². The van der Waals surface area contributed by atoms with Gasteiger partial charge >= 0.3 is 5.97 Å². The summed E-state index contributed by atoms with van der Waals surface area (Å²) in [6, 6.07) is 14.8. The average molecular weight is 479 g/mol. The molecule has 1 aromatic heterocycles. The summed E-state index contributed by atoms with van der Waals surface area (Å²) in [5, 5.41) is 3.49. The Morgan fingerprint density at radius 2 is 2.00 bits per heavy atom.